The van der Waals surface area contributed by atoms with E-state index in [1.807, 2.05) is 6.92 Å². The Morgan fingerprint density at radius 1 is 1.19 bits per heavy atom. The van der Waals surface area contributed by atoms with E-state index in [1.165, 1.54) is 0 Å². The fourth-order valence-electron chi connectivity index (χ4n) is 2.57. The van der Waals surface area contributed by atoms with Crippen LogP contribution >= 0.6 is 23.2 Å². The van der Waals surface area contributed by atoms with Gasteiger partial charge in [0.05, 0.1) is 11.9 Å². The van der Waals surface area contributed by atoms with E-state index in [1.54, 1.807) is 49.4 Å². The van der Waals surface area contributed by atoms with Crippen LogP contribution in [0, 0.1) is 6.92 Å². The Bertz CT molecular complexity index is 916. The summed E-state index contributed by atoms with van der Waals surface area (Å²) in [7, 11) is -3.72. The molecule has 0 radical (unpaired) electrons. The van der Waals surface area contributed by atoms with Crippen molar-refractivity contribution in [2.75, 3.05) is 15.9 Å². The summed E-state index contributed by atoms with van der Waals surface area (Å²) in [4.78, 5) is 12.8. The van der Waals surface area contributed by atoms with Crippen LogP contribution in [0.5, 0.6) is 0 Å². The van der Waals surface area contributed by atoms with Gasteiger partial charge in [-0.3, -0.25) is 9.10 Å². The minimum absolute atomic E-state index is 0.283. The molecule has 26 heavy (non-hydrogen) atoms. The van der Waals surface area contributed by atoms with E-state index in [0.717, 1.165) is 16.1 Å². The smallest absolute Gasteiger partial charge is 0.248 e. The number of rotatable bonds is 6. The fourth-order valence-corrected chi connectivity index (χ4v) is 4.14. The SMILES string of the molecule is CC[C@H](C(=O)Nc1cccc(Cl)c1)N(c1ccc(C)c(Cl)c1)S(C)(=O)=O. The van der Waals surface area contributed by atoms with E-state index in [-0.39, 0.29) is 6.42 Å². The van der Waals surface area contributed by atoms with Crippen molar-refractivity contribution < 1.29 is 13.2 Å². The number of carbonyl (C=O) groups is 1. The van der Waals surface area contributed by atoms with Crippen LogP contribution in [-0.2, 0) is 14.8 Å². The van der Waals surface area contributed by atoms with Crippen LogP contribution in [0.3, 0.4) is 0 Å². The summed E-state index contributed by atoms with van der Waals surface area (Å²) < 4.78 is 25.9. The average Bonchev–Trinajstić information content (AvgIpc) is 2.54. The number of halogens is 2. The number of benzene rings is 2. The highest BCUT2D eigenvalue weighted by molar-refractivity contribution is 7.92. The number of aryl methyl sites for hydroxylation is 1. The maximum Gasteiger partial charge on any atom is 0.248 e. The highest BCUT2D eigenvalue weighted by Crippen LogP contribution is 2.28. The molecular weight excluding hydrogens is 395 g/mol. The first-order chi connectivity index (χ1) is 12.1. The molecule has 5 nitrogen and oxygen atoms in total. The van der Waals surface area contributed by atoms with Crippen molar-refractivity contribution in [2.24, 2.45) is 0 Å². The van der Waals surface area contributed by atoms with Crippen molar-refractivity contribution in [3.63, 3.8) is 0 Å². The molecule has 1 N–H and O–H groups in total. The minimum atomic E-state index is -3.72. The van der Waals surface area contributed by atoms with Crippen molar-refractivity contribution in [1.29, 1.82) is 0 Å². The molecule has 0 saturated carbocycles. The third kappa shape index (κ3) is 4.90. The Labute approximate surface area is 164 Å². The normalized spacial score (nSPS) is 12.5. The second-order valence-corrected chi connectivity index (χ2v) is 8.62. The monoisotopic (exact) mass is 414 g/mol. The lowest BCUT2D eigenvalue weighted by Crippen LogP contribution is -2.47. The molecule has 1 amide bonds. The standard InChI is InChI=1S/C18H20Cl2N2O3S/c1-4-17(18(23)21-14-7-5-6-13(19)10-14)22(26(3,24)25)15-9-8-12(2)16(20)11-15/h5-11,17H,4H2,1-3H3,(H,21,23)/t17-/m1/s1. The number of hydrogen-bond acceptors (Lipinski definition) is 3. The highest BCUT2D eigenvalue weighted by Gasteiger charge is 2.31. The van der Waals surface area contributed by atoms with E-state index < -0.39 is 22.0 Å². The van der Waals surface area contributed by atoms with Crippen molar-refractivity contribution in [1.82, 2.24) is 0 Å². The Hall–Kier alpha value is -1.76. The summed E-state index contributed by atoms with van der Waals surface area (Å²) in [6.45, 7) is 3.57. The molecule has 2 aromatic rings. The average molecular weight is 415 g/mol. The molecule has 8 heteroatoms. The van der Waals surface area contributed by atoms with E-state index in [2.05, 4.69) is 5.32 Å². The highest BCUT2D eigenvalue weighted by atomic mass is 35.5. The summed E-state index contributed by atoms with van der Waals surface area (Å²) in [5.74, 6) is -0.447. The van der Waals surface area contributed by atoms with Gasteiger partial charge in [-0.25, -0.2) is 8.42 Å². The molecule has 140 valence electrons. The summed E-state index contributed by atoms with van der Waals surface area (Å²) in [5, 5.41) is 3.62. The van der Waals surface area contributed by atoms with Crippen LogP contribution in [0.2, 0.25) is 10.0 Å². The largest absolute Gasteiger partial charge is 0.324 e. The predicted octanol–water partition coefficient (Wildman–Crippen LogP) is 4.49. The summed E-state index contributed by atoms with van der Waals surface area (Å²) >= 11 is 12.1. The van der Waals surface area contributed by atoms with Crippen LogP contribution in [0.4, 0.5) is 11.4 Å². The van der Waals surface area contributed by atoms with Crippen LogP contribution in [0.25, 0.3) is 0 Å². The van der Waals surface area contributed by atoms with Gasteiger partial charge in [-0.1, -0.05) is 42.3 Å². The van der Waals surface area contributed by atoms with Crippen LogP contribution in [0.15, 0.2) is 42.5 Å². The molecule has 1 atom stereocenters. The molecule has 0 aliphatic rings. The predicted molar refractivity (Wildman–Crippen MR) is 108 cm³/mol. The zero-order chi connectivity index (χ0) is 19.5. The van der Waals surface area contributed by atoms with Crippen LogP contribution < -0.4 is 9.62 Å². The molecule has 2 aromatic carbocycles. The van der Waals surface area contributed by atoms with Crippen LogP contribution in [0.1, 0.15) is 18.9 Å². The summed E-state index contributed by atoms with van der Waals surface area (Å²) in [6, 6.07) is 10.6. The summed E-state index contributed by atoms with van der Waals surface area (Å²) in [6.07, 6.45) is 1.35. The Balaban J connectivity index is 2.40. The molecule has 0 aliphatic heterocycles. The van der Waals surface area contributed by atoms with E-state index in [4.69, 9.17) is 23.2 Å². The number of amides is 1. The maximum absolute atomic E-state index is 12.8. The first-order valence-electron chi connectivity index (χ1n) is 7.95. The molecule has 0 heterocycles. The fraction of sp³-hybridized carbons (Fsp3) is 0.278. The lowest BCUT2D eigenvalue weighted by Gasteiger charge is -2.30. The first kappa shape index (κ1) is 20.6. The van der Waals surface area contributed by atoms with Gasteiger partial charge in [0, 0.05) is 15.7 Å². The topological polar surface area (TPSA) is 66.5 Å². The Morgan fingerprint density at radius 3 is 2.42 bits per heavy atom. The van der Waals surface area contributed by atoms with Gasteiger partial charge in [0.15, 0.2) is 0 Å². The second-order valence-electron chi connectivity index (χ2n) is 5.92. The molecule has 2 rings (SSSR count). The molecule has 0 unspecified atom stereocenters. The van der Waals surface area contributed by atoms with Gasteiger partial charge in [-0.05, 0) is 49.2 Å². The zero-order valence-electron chi connectivity index (χ0n) is 14.7. The van der Waals surface area contributed by atoms with Crippen molar-refractivity contribution in [3.05, 3.63) is 58.1 Å². The van der Waals surface area contributed by atoms with Gasteiger partial charge in [-0.2, -0.15) is 0 Å². The van der Waals surface area contributed by atoms with Gasteiger partial charge >= 0.3 is 0 Å². The number of nitrogens with one attached hydrogen (secondary N) is 1. The maximum atomic E-state index is 12.8. The number of nitrogens with zero attached hydrogens (tertiary/aromatic N) is 1. The number of sulfonamides is 1. The summed E-state index contributed by atoms with van der Waals surface area (Å²) in [5.41, 5.74) is 1.66. The van der Waals surface area contributed by atoms with Gasteiger partial charge in [0.2, 0.25) is 15.9 Å². The van der Waals surface area contributed by atoms with Gasteiger partial charge in [0.1, 0.15) is 6.04 Å². The van der Waals surface area contributed by atoms with Gasteiger partial charge < -0.3 is 5.32 Å². The third-order valence-corrected chi connectivity index (χ3v) is 5.65. The van der Waals surface area contributed by atoms with Crippen LogP contribution in [-0.4, -0.2) is 26.6 Å². The zero-order valence-corrected chi connectivity index (χ0v) is 17.0. The molecule has 0 bridgehead atoms. The van der Waals surface area contributed by atoms with Crippen molar-refractivity contribution >= 4 is 50.5 Å². The Morgan fingerprint density at radius 2 is 1.88 bits per heavy atom. The number of anilines is 2. The van der Waals surface area contributed by atoms with Gasteiger partial charge in [-0.15, -0.1) is 0 Å². The number of hydrogen-bond donors (Lipinski definition) is 1. The number of carbonyl (C=O) groups excluding carboxylic acids is 1. The second kappa shape index (κ2) is 8.29. The lowest BCUT2D eigenvalue weighted by atomic mass is 10.1. The molecule has 0 aromatic heterocycles. The molecular formula is C18H20Cl2N2O3S. The minimum Gasteiger partial charge on any atom is -0.324 e. The quantitative estimate of drug-likeness (QED) is 0.756. The van der Waals surface area contributed by atoms with Crippen molar-refractivity contribution in [2.45, 2.75) is 26.3 Å². The van der Waals surface area contributed by atoms with Gasteiger partial charge in [0.25, 0.3) is 0 Å². The molecule has 0 fully saturated rings. The van der Waals surface area contributed by atoms with Crippen molar-refractivity contribution in [3.8, 4) is 0 Å². The van der Waals surface area contributed by atoms with E-state index in [9.17, 15) is 13.2 Å². The van der Waals surface area contributed by atoms with E-state index >= 15 is 0 Å². The molecule has 0 aliphatic carbocycles. The first-order valence-corrected chi connectivity index (χ1v) is 10.6. The Kier molecular flexibility index (Phi) is 6.55. The lowest BCUT2D eigenvalue weighted by molar-refractivity contribution is -0.117. The van der Waals surface area contributed by atoms with E-state index in [0.29, 0.717) is 21.4 Å². The molecule has 0 saturated heterocycles. The third-order valence-electron chi connectivity index (χ3n) is 3.83. The molecule has 0 spiro atoms.